The molecule has 3 rings (SSSR count). The fourth-order valence-electron chi connectivity index (χ4n) is 3.51. The van der Waals surface area contributed by atoms with Crippen molar-refractivity contribution in [1.29, 1.82) is 0 Å². The van der Waals surface area contributed by atoms with Crippen LogP contribution in [0.5, 0.6) is 0 Å². The third-order valence-corrected chi connectivity index (χ3v) is 6.30. The van der Waals surface area contributed by atoms with E-state index in [-0.39, 0.29) is 23.6 Å². The summed E-state index contributed by atoms with van der Waals surface area (Å²) < 4.78 is 14.1. The Balaban J connectivity index is 1.73. The Kier molecular flexibility index (Phi) is 7.38. The van der Waals surface area contributed by atoms with Gasteiger partial charge in [-0.25, -0.2) is 4.39 Å². The Morgan fingerprint density at radius 3 is 2.68 bits per heavy atom. The number of carbonyl (C=O) groups excluding carboxylic acids is 1. The standard InChI is InChI=1S/C22H26ClFN2OS/c1-16(2)13-25(14-17-7-3-6-10-20(17)24)15-21(27)26-11-12-28-22(26)18-8-4-5-9-19(18)23/h3-10,16,22H,11-15H2,1-2H3/t22-/m0/s1. The van der Waals surface area contributed by atoms with Gasteiger partial charge >= 0.3 is 0 Å². The number of amides is 1. The third kappa shape index (κ3) is 5.28. The van der Waals surface area contributed by atoms with Crippen LogP contribution in [0.4, 0.5) is 4.39 Å². The molecule has 0 aliphatic carbocycles. The molecule has 1 heterocycles. The highest BCUT2D eigenvalue weighted by atomic mass is 35.5. The Bertz CT molecular complexity index is 817. The number of hydrogen-bond donors (Lipinski definition) is 0. The van der Waals surface area contributed by atoms with Gasteiger partial charge in [-0.1, -0.05) is 61.8 Å². The van der Waals surface area contributed by atoms with Crippen molar-refractivity contribution in [1.82, 2.24) is 9.80 Å². The lowest BCUT2D eigenvalue weighted by molar-refractivity contribution is -0.132. The van der Waals surface area contributed by atoms with E-state index in [0.717, 1.165) is 17.9 Å². The highest BCUT2D eigenvalue weighted by Gasteiger charge is 2.32. The molecule has 1 aliphatic heterocycles. The zero-order chi connectivity index (χ0) is 20.1. The molecule has 1 saturated heterocycles. The van der Waals surface area contributed by atoms with Crippen LogP contribution in [0.2, 0.25) is 5.02 Å². The van der Waals surface area contributed by atoms with Gasteiger partial charge in [0.05, 0.1) is 6.54 Å². The highest BCUT2D eigenvalue weighted by molar-refractivity contribution is 7.99. The van der Waals surface area contributed by atoms with Crippen LogP contribution in [0.3, 0.4) is 0 Å². The molecule has 150 valence electrons. The summed E-state index contributed by atoms with van der Waals surface area (Å²) in [5, 5.41) is 0.626. The van der Waals surface area contributed by atoms with Crippen molar-refractivity contribution in [3.8, 4) is 0 Å². The monoisotopic (exact) mass is 420 g/mol. The molecule has 1 atom stereocenters. The van der Waals surface area contributed by atoms with E-state index >= 15 is 0 Å². The summed E-state index contributed by atoms with van der Waals surface area (Å²) in [6.45, 7) is 6.35. The smallest absolute Gasteiger partial charge is 0.237 e. The molecule has 0 aromatic heterocycles. The highest BCUT2D eigenvalue weighted by Crippen LogP contribution is 2.40. The van der Waals surface area contributed by atoms with Crippen LogP contribution in [0.15, 0.2) is 48.5 Å². The summed E-state index contributed by atoms with van der Waals surface area (Å²) in [5.74, 6) is 1.10. The molecule has 0 radical (unpaired) electrons. The minimum absolute atomic E-state index is 0.0597. The van der Waals surface area contributed by atoms with Gasteiger partial charge < -0.3 is 4.90 Å². The Hall–Kier alpha value is -1.56. The van der Waals surface area contributed by atoms with Gasteiger partial charge in [0.15, 0.2) is 0 Å². The molecule has 1 fully saturated rings. The van der Waals surface area contributed by atoms with Crippen molar-refractivity contribution in [3.05, 3.63) is 70.5 Å². The molecule has 1 aliphatic rings. The zero-order valence-corrected chi connectivity index (χ0v) is 17.8. The van der Waals surface area contributed by atoms with Crippen molar-refractivity contribution in [2.24, 2.45) is 5.92 Å². The minimum atomic E-state index is -0.227. The second kappa shape index (κ2) is 9.77. The molecule has 2 aromatic rings. The molecule has 0 spiro atoms. The molecule has 0 unspecified atom stereocenters. The first-order chi connectivity index (χ1) is 13.5. The summed E-state index contributed by atoms with van der Waals surface area (Å²) >= 11 is 8.11. The van der Waals surface area contributed by atoms with Crippen LogP contribution >= 0.6 is 23.4 Å². The molecule has 3 nitrogen and oxygen atoms in total. The maximum atomic E-state index is 14.1. The number of halogens is 2. The average molecular weight is 421 g/mol. The van der Waals surface area contributed by atoms with Gasteiger partial charge in [0, 0.05) is 41.5 Å². The lowest BCUT2D eigenvalue weighted by Crippen LogP contribution is -2.41. The summed E-state index contributed by atoms with van der Waals surface area (Å²) in [5.41, 5.74) is 1.60. The first-order valence-electron chi connectivity index (χ1n) is 9.57. The molecular weight excluding hydrogens is 395 g/mol. The van der Waals surface area contributed by atoms with Crippen LogP contribution in [0.25, 0.3) is 0 Å². The first-order valence-corrected chi connectivity index (χ1v) is 11.0. The van der Waals surface area contributed by atoms with E-state index in [9.17, 15) is 9.18 Å². The number of hydrogen-bond acceptors (Lipinski definition) is 3. The van der Waals surface area contributed by atoms with Crippen LogP contribution in [0.1, 0.15) is 30.3 Å². The van der Waals surface area contributed by atoms with Crippen LogP contribution < -0.4 is 0 Å². The quantitative estimate of drug-likeness (QED) is 0.614. The van der Waals surface area contributed by atoms with E-state index in [0.29, 0.717) is 29.6 Å². The second-order valence-electron chi connectivity index (χ2n) is 7.49. The van der Waals surface area contributed by atoms with Gasteiger partial charge in [0.2, 0.25) is 5.91 Å². The van der Waals surface area contributed by atoms with Gasteiger partial charge in [0.1, 0.15) is 11.2 Å². The topological polar surface area (TPSA) is 23.6 Å². The van der Waals surface area contributed by atoms with Crippen LogP contribution in [0, 0.1) is 11.7 Å². The predicted molar refractivity (Wildman–Crippen MR) is 115 cm³/mol. The molecule has 0 N–H and O–H groups in total. The maximum absolute atomic E-state index is 14.1. The van der Waals surface area contributed by atoms with Crippen LogP contribution in [-0.2, 0) is 11.3 Å². The fraction of sp³-hybridized carbons (Fsp3) is 0.409. The largest absolute Gasteiger partial charge is 0.325 e. The van der Waals surface area contributed by atoms with Gasteiger partial charge in [0.25, 0.3) is 0 Å². The summed E-state index contributed by atoms with van der Waals surface area (Å²) in [6, 6.07) is 14.5. The normalized spacial score (nSPS) is 16.9. The summed E-state index contributed by atoms with van der Waals surface area (Å²) in [4.78, 5) is 17.1. The van der Waals surface area contributed by atoms with Crippen molar-refractivity contribution in [2.75, 3.05) is 25.4 Å². The first kappa shape index (κ1) is 21.2. The molecule has 2 aromatic carbocycles. The SMILES string of the molecule is CC(C)CN(CC(=O)N1CCS[C@H]1c1ccccc1Cl)Cc1ccccc1F. The Morgan fingerprint density at radius 2 is 1.96 bits per heavy atom. The Morgan fingerprint density at radius 1 is 1.25 bits per heavy atom. The van der Waals surface area contributed by atoms with Crippen molar-refractivity contribution < 1.29 is 9.18 Å². The lowest BCUT2D eigenvalue weighted by atomic mass is 10.1. The summed E-state index contributed by atoms with van der Waals surface area (Å²) in [6.07, 6.45) is 0. The van der Waals surface area contributed by atoms with E-state index in [2.05, 4.69) is 13.8 Å². The van der Waals surface area contributed by atoms with Crippen molar-refractivity contribution in [3.63, 3.8) is 0 Å². The molecular formula is C22H26ClFN2OS. The van der Waals surface area contributed by atoms with E-state index in [1.54, 1.807) is 23.9 Å². The molecule has 28 heavy (non-hydrogen) atoms. The minimum Gasteiger partial charge on any atom is -0.325 e. The summed E-state index contributed by atoms with van der Waals surface area (Å²) in [7, 11) is 0. The third-order valence-electron chi connectivity index (χ3n) is 4.72. The van der Waals surface area contributed by atoms with Crippen molar-refractivity contribution >= 4 is 29.3 Å². The van der Waals surface area contributed by atoms with E-state index < -0.39 is 0 Å². The average Bonchev–Trinajstić information content (AvgIpc) is 3.13. The molecule has 6 heteroatoms. The number of rotatable bonds is 7. The number of benzene rings is 2. The van der Waals surface area contributed by atoms with Crippen molar-refractivity contribution in [2.45, 2.75) is 25.8 Å². The Labute approximate surface area is 175 Å². The predicted octanol–water partition coefficient (Wildman–Crippen LogP) is 5.21. The lowest BCUT2D eigenvalue weighted by Gasteiger charge is -2.29. The van der Waals surface area contributed by atoms with Gasteiger partial charge in [-0.15, -0.1) is 11.8 Å². The number of carbonyl (C=O) groups is 1. The fourth-order valence-corrected chi connectivity index (χ4v) is 5.13. The maximum Gasteiger partial charge on any atom is 0.237 e. The molecule has 0 saturated carbocycles. The van der Waals surface area contributed by atoms with Gasteiger partial charge in [-0.3, -0.25) is 9.69 Å². The van der Waals surface area contributed by atoms with E-state index in [1.165, 1.54) is 6.07 Å². The van der Waals surface area contributed by atoms with Gasteiger partial charge in [-0.2, -0.15) is 0 Å². The number of thioether (sulfide) groups is 1. The number of nitrogens with zero attached hydrogens (tertiary/aromatic N) is 2. The second-order valence-corrected chi connectivity index (χ2v) is 9.08. The molecule has 0 bridgehead atoms. The van der Waals surface area contributed by atoms with Gasteiger partial charge in [-0.05, 0) is 18.1 Å². The van der Waals surface area contributed by atoms with E-state index in [1.807, 2.05) is 40.1 Å². The van der Waals surface area contributed by atoms with E-state index in [4.69, 9.17) is 11.6 Å². The molecule has 1 amide bonds. The zero-order valence-electron chi connectivity index (χ0n) is 16.3. The van der Waals surface area contributed by atoms with Crippen LogP contribution in [-0.4, -0.2) is 41.1 Å².